The van der Waals surface area contributed by atoms with Crippen LogP contribution in [0.4, 0.5) is 0 Å². The molecule has 0 aromatic carbocycles. The molecule has 0 radical (unpaired) electrons. The largest absolute Gasteiger partial charge is 0.393 e. The van der Waals surface area contributed by atoms with Gasteiger partial charge in [0.25, 0.3) is 0 Å². The van der Waals surface area contributed by atoms with Crippen molar-refractivity contribution < 1.29 is 19.4 Å². The van der Waals surface area contributed by atoms with Crippen LogP contribution in [0.15, 0.2) is 0 Å². The molecule has 1 saturated heterocycles. The molecule has 0 unspecified atom stereocenters. The predicted molar refractivity (Wildman–Crippen MR) is 82.5 cm³/mol. The molecular weight excluding hydrogens is 282 g/mol. The van der Waals surface area contributed by atoms with Gasteiger partial charge in [0.1, 0.15) is 6.61 Å². The van der Waals surface area contributed by atoms with Crippen LogP contribution in [0.1, 0.15) is 51.4 Å². The summed E-state index contributed by atoms with van der Waals surface area (Å²) < 4.78 is 11.4. The number of ether oxygens (including phenoxy) is 2. The maximum atomic E-state index is 12.6. The van der Waals surface area contributed by atoms with E-state index in [-0.39, 0.29) is 36.7 Å². The third-order valence-electron chi connectivity index (χ3n) is 5.51. The fraction of sp³-hybridized carbons (Fsp3) is 0.941. The molecule has 5 nitrogen and oxygen atoms in total. The summed E-state index contributed by atoms with van der Waals surface area (Å²) in [5, 5.41) is 10.1. The maximum Gasteiger partial charge on any atom is 0.249 e. The number of carbonyl (C=O) groups excluding carboxylic acids is 1. The highest BCUT2D eigenvalue weighted by Crippen LogP contribution is 2.32. The second-order valence-electron chi connectivity index (χ2n) is 6.96. The monoisotopic (exact) mass is 311 g/mol. The summed E-state index contributed by atoms with van der Waals surface area (Å²) in [5.74, 6) is 0.233. The standard InChI is InChI=1S/C17H29NO4/c19-16-8-4-7-14(16)15-11-21-10-9-18(15)17(20)12-22-13-5-2-1-3-6-13/h13-16,19H,1-12H2/t14-,15-,16+/m1/s1. The van der Waals surface area contributed by atoms with Crippen LogP contribution < -0.4 is 0 Å². The van der Waals surface area contributed by atoms with Gasteiger partial charge in [0.15, 0.2) is 0 Å². The molecule has 126 valence electrons. The average molecular weight is 311 g/mol. The molecule has 2 aliphatic carbocycles. The Morgan fingerprint density at radius 1 is 1.14 bits per heavy atom. The van der Waals surface area contributed by atoms with Crippen LogP contribution in [0.3, 0.4) is 0 Å². The normalized spacial score (nSPS) is 34.0. The Hall–Kier alpha value is -0.650. The summed E-state index contributed by atoms with van der Waals surface area (Å²) >= 11 is 0. The number of aliphatic hydroxyl groups is 1. The predicted octanol–water partition coefficient (Wildman–Crippen LogP) is 1.72. The highest BCUT2D eigenvalue weighted by molar-refractivity contribution is 5.78. The van der Waals surface area contributed by atoms with Crippen molar-refractivity contribution in [3.05, 3.63) is 0 Å². The van der Waals surface area contributed by atoms with Crippen molar-refractivity contribution >= 4 is 5.91 Å². The lowest BCUT2D eigenvalue weighted by Crippen LogP contribution is -2.54. The lowest BCUT2D eigenvalue weighted by atomic mass is 9.94. The van der Waals surface area contributed by atoms with Crippen molar-refractivity contribution in [3.63, 3.8) is 0 Å². The van der Waals surface area contributed by atoms with Crippen LogP contribution in [-0.2, 0) is 14.3 Å². The van der Waals surface area contributed by atoms with Gasteiger partial charge in [-0.05, 0) is 25.7 Å². The van der Waals surface area contributed by atoms with Crippen molar-refractivity contribution in [2.75, 3.05) is 26.4 Å². The van der Waals surface area contributed by atoms with Gasteiger partial charge in [-0.1, -0.05) is 25.7 Å². The highest BCUT2D eigenvalue weighted by atomic mass is 16.5. The zero-order chi connectivity index (χ0) is 15.4. The van der Waals surface area contributed by atoms with E-state index in [4.69, 9.17) is 9.47 Å². The van der Waals surface area contributed by atoms with E-state index in [1.807, 2.05) is 4.90 Å². The van der Waals surface area contributed by atoms with Gasteiger partial charge in [-0.2, -0.15) is 0 Å². The molecule has 5 heteroatoms. The number of aliphatic hydroxyl groups excluding tert-OH is 1. The minimum absolute atomic E-state index is 0.0219. The Labute approximate surface area is 133 Å². The average Bonchev–Trinajstić information content (AvgIpc) is 2.99. The van der Waals surface area contributed by atoms with Crippen LogP contribution in [0, 0.1) is 5.92 Å². The van der Waals surface area contributed by atoms with E-state index < -0.39 is 0 Å². The summed E-state index contributed by atoms with van der Waals surface area (Å²) in [7, 11) is 0. The van der Waals surface area contributed by atoms with Crippen molar-refractivity contribution in [1.29, 1.82) is 0 Å². The minimum atomic E-state index is -0.290. The zero-order valence-corrected chi connectivity index (χ0v) is 13.4. The molecule has 0 spiro atoms. The fourth-order valence-corrected chi connectivity index (χ4v) is 4.21. The van der Waals surface area contributed by atoms with Gasteiger partial charge in [-0.25, -0.2) is 0 Å². The SMILES string of the molecule is O=C(COC1CCCCC1)N1CCOC[C@@H]1[C@H]1CCC[C@@H]1O. The maximum absolute atomic E-state index is 12.6. The Morgan fingerprint density at radius 2 is 1.95 bits per heavy atom. The second kappa shape index (κ2) is 7.75. The van der Waals surface area contributed by atoms with Crippen molar-refractivity contribution in [2.45, 2.75) is 69.6 Å². The van der Waals surface area contributed by atoms with Gasteiger partial charge in [-0.3, -0.25) is 4.79 Å². The smallest absolute Gasteiger partial charge is 0.249 e. The molecule has 0 aromatic heterocycles. The van der Waals surface area contributed by atoms with Crippen LogP contribution in [0.2, 0.25) is 0 Å². The van der Waals surface area contributed by atoms with Gasteiger partial charge in [0.2, 0.25) is 5.91 Å². The Balaban J connectivity index is 1.54. The molecule has 3 atom stereocenters. The molecule has 3 aliphatic rings. The molecule has 1 heterocycles. The molecule has 22 heavy (non-hydrogen) atoms. The zero-order valence-electron chi connectivity index (χ0n) is 13.4. The number of amides is 1. The van der Waals surface area contributed by atoms with Crippen LogP contribution >= 0.6 is 0 Å². The van der Waals surface area contributed by atoms with Crippen LogP contribution in [0.5, 0.6) is 0 Å². The van der Waals surface area contributed by atoms with Crippen molar-refractivity contribution in [2.24, 2.45) is 5.92 Å². The number of rotatable bonds is 4. The summed E-state index contributed by atoms with van der Waals surface area (Å²) in [4.78, 5) is 14.5. The summed E-state index contributed by atoms with van der Waals surface area (Å²) in [6, 6.07) is 0.0219. The fourth-order valence-electron chi connectivity index (χ4n) is 4.21. The summed E-state index contributed by atoms with van der Waals surface area (Å²) in [6.45, 7) is 1.95. The first-order chi connectivity index (χ1) is 10.8. The molecule has 3 rings (SSSR count). The quantitative estimate of drug-likeness (QED) is 0.859. The number of nitrogens with zero attached hydrogens (tertiary/aromatic N) is 1. The Kier molecular flexibility index (Phi) is 5.71. The molecular formula is C17H29NO4. The van der Waals surface area contributed by atoms with E-state index in [0.717, 1.165) is 32.1 Å². The van der Waals surface area contributed by atoms with Crippen LogP contribution in [0.25, 0.3) is 0 Å². The second-order valence-corrected chi connectivity index (χ2v) is 6.96. The van der Waals surface area contributed by atoms with Gasteiger partial charge in [0, 0.05) is 12.5 Å². The van der Waals surface area contributed by atoms with Crippen molar-refractivity contribution in [3.8, 4) is 0 Å². The molecule has 3 fully saturated rings. The third kappa shape index (κ3) is 3.81. The van der Waals surface area contributed by atoms with E-state index in [2.05, 4.69) is 0 Å². The van der Waals surface area contributed by atoms with E-state index >= 15 is 0 Å². The van der Waals surface area contributed by atoms with E-state index in [1.54, 1.807) is 0 Å². The topological polar surface area (TPSA) is 59.0 Å². The van der Waals surface area contributed by atoms with E-state index in [9.17, 15) is 9.90 Å². The molecule has 1 aliphatic heterocycles. The van der Waals surface area contributed by atoms with Gasteiger partial charge in [-0.15, -0.1) is 0 Å². The highest BCUT2D eigenvalue weighted by Gasteiger charge is 2.39. The lowest BCUT2D eigenvalue weighted by Gasteiger charge is -2.40. The van der Waals surface area contributed by atoms with E-state index in [0.29, 0.717) is 19.8 Å². The Morgan fingerprint density at radius 3 is 2.68 bits per heavy atom. The Bertz CT molecular complexity index is 370. The lowest BCUT2D eigenvalue weighted by molar-refractivity contribution is -0.151. The van der Waals surface area contributed by atoms with Gasteiger partial charge >= 0.3 is 0 Å². The van der Waals surface area contributed by atoms with Gasteiger partial charge in [0.05, 0.1) is 31.5 Å². The molecule has 2 saturated carbocycles. The minimum Gasteiger partial charge on any atom is -0.393 e. The third-order valence-corrected chi connectivity index (χ3v) is 5.51. The molecule has 0 aromatic rings. The first-order valence-corrected chi connectivity index (χ1v) is 8.92. The molecule has 1 N–H and O–H groups in total. The van der Waals surface area contributed by atoms with E-state index in [1.165, 1.54) is 19.3 Å². The number of hydrogen-bond donors (Lipinski definition) is 1. The summed E-state index contributed by atoms with van der Waals surface area (Å²) in [6.07, 6.45) is 8.74. The first-order valence-electron chi connectivity index (χ1n) is 8.92. The first kappa shape index (κ1) is 16.2. The van der Waals surface area contributed by atoms with Gasteiger partial charge < -0.3 is 19.5 Å². The van der Waals surface area contributed by atoms with Crippen LogP contribution in [-0.4, -0.2) is 60.5 Å². The number of carbonyl (C=O) groups is 1. The molecule has 1 amide bonds. The summed E-state index contributed by atoms with van der Waals surface area (Å²) in [5.41, 5.74) is 0. The number of hydrogen-bond acceptors (Lipinski definition) is 4. The molecule has 0 bridgehead atoms. The number of morpholine rings is 1. The van der Waals surface area contributed by atoms with Crippen molar-refractivity contribution in [1.82, 2.24) is 4.90 Å².